The Hall–Kier alpha value is -1.95. The zero-order valence-electron chi connectivity index (χ0n) is 12.2. The first-order valence-electron chi connectivity index (χ1n) is 7.19. The Kier molecular flexibility index (Phi) is 4.91. The van der Waals surface area contributed by atoms with Crippen molar-refractivity contribution in [3.8, 4) is 0 Å². The zero-order valence-corrected chi connectivity index (χ0v) is 13.8. The van der Waals surface area contributed by atoms with E-state index in [0.29, 0.717) is 22.7 Å². The van der Waals surface area contributed by atoms with Crippen LogP contribution in [-0.4, -0.2) is 22.6 Å². The molecule has 3 rings (SSSR count). The number of aromatic nitrogens is 1. The fraction of sp³-hybridized carbons (Fsp3) is 0.176. The van der Waals surface area contributed by atoms with E-state index in [4.69, 9.17) is 11.6 Å². The van der Waals surface area contributed by atoms with Crippen LogP contribution in [0.1, 0.15) is 27.8 Å². The number of fused-ring (bicyclic) bond motifs is 1. The van der Waals surface area contributed by atoms with Crippen molar-refractivity contribution < 1.29 is 9.90 Å². The summed E-state index contributed by atoms with van der Waals surface area (Å²) in [5.41, 5.74) is 1.01. The summed E-state index contributed by atoms with van der Waals surface area (Å²) in [6.07, 6.45) is 0.464. The molecule has 4 nitrogen and oxygen atoms in total. The van der Waals surface area contributed by atoms with Crippen molar-refractivity contribution in [1.29, 1.82) is 0 Å². The summed E-state index contributed by atoms with van der Waals surface area (Å²) in [6.45, 7) is 0.00357. The molecule has 0 spiro atoms. The van der Waals surface area contributed by atoms with Crippen molar-refractivity contribution in [2.45, 2.75) is 12.5 Å². The highest BCUT2D eigenvalue weighted by molar-refractivity contribution is 7.10. The predicted octanol–water partition coefficient (Wildman–Crippen LogP) is 3.80. The summed E-state index contributed by atoms with van der Waals surface area (Å²) in [5.74, 6) is -0.265. The van der Waals surface area contributed by atoms with Crippen LogP contribution < -0.4 is 5.32 Å². The maximum Gasteiger partial charge on any atom is 0.270 e. The van der Waals surface area contributed by atoms with Gasteiger partial charge in [-0.25, -0.2) is 4.98 Å². The molecule has 0 aliphatic carbocycles. The van der Waals surface area contributed by atoms with Crippen LogP contribution in [0.3, 0.4) is 0 Å². The molecule has 0 aliphatic rings. The van der Waals surface area contributed by atoms with Crippen LogP contribution in [0.15, 0.2) is 47.8 Å². The molecule has 0 bridgehead atoms. The molecule has 3 aromatic rings. The molecule has 0 fully saturated rings. The lowest BCUT2D eigenvalue weighted by molar-refractivity contribution is 0.0926. The topological polar surface area (TPSA) is 62.2 Å². The van der Waals surface area contributed by atoms with Crippen molar-refractivity contribution in [2.75, 3.05) is 6.61 Å². The van der Waals surface area contributed by atoms with E-state index < -0.39 is 0 Å². The van der Waals surface area contributed by atoms with Gasteiger partial charge in [-0.05, 0) is 36.1 Å². The highest BCUT2D eigenvalue weighted by Gasteiger charge is 2.17. The van der Waals surface area contributed by atoms with Crippen LogP contribution in [-0.2, 0) is 0 Å². The SMILES string of the molecule is O=C(NC(CCO)c1cccs1)c1ccc2ccc(Cl)cc2n1. The minimum atomic E-state index is -0.265. The van der Waals surface area contributed by atoms with Gasteiger partial charge in [-0.15, -0.1) is 11.3 Å². The summed E-state index contributed by atoms with van der Waals surface area (Å²) >= 11 is 7.53. The van der Waals surface area contributed by atoms with Crippen LogP contribution in [0.2, 0.25) is 5.02 Å². The van der Waals surface area contributed by atoms with Crippen molar-refractivity contribution in [3.05, 3.63) is 63.4 Å². The molecule has 1 atom stereocenters. The van der Waals surface area contributed by atoms with Gasteiger partial charge in [0.2, 0.25) is 0 Å². The van der Waals surface area contributed by atoms with Crippen molar-refractivity contribution in [2.24, 2.45) is 0 Å². The van der Waals surface area contributed by atoms with E-state index >= 15 is 0 Å². The first kappa shape index (κ1) is 15.9. The number of carbonyl (C=O) groups is 1. The van der Waals surface area contributed by atoms with Crippen LogP contribution in [0.5, 0.6) is 0 Å². The van der Waals surface area contributed by atoms with Gasteiger partial charge in [0.25, 0.3) is 5.91 Å². The third-order valence-corrected chi connectivity index (χ3v) is 4.72. The molecule has 1 aromatic carbocycles. The lowest BCUT2D eigenvalue weighted by atomic mass is 10.1. The maximum absolute atomic E-state index is 12.5. The second kappa shape index (κ2) is 7.08. The van der Waals surface area contributed by atoms with E-state index in [-0.39, 0.29) is 18.6 Å². The number of nitrogens with one attached hydrogen (secondary N) is 1. The minimum Gasteiger partial charge on any atom is -0.396 e. The largest absolute Gasteiger partial charge is 0.396 e. The molecule has 2 heterocycles. The first-order chi connectivity index (χ1) is 11.2. The molecule has 118 valence electrons. The maximum atomic E-state index is 12.5. The van der Waals surface area contributed by atoms with Crippen molar-refractivity contribution in [1.82, 2.24) is 10.3 Å². The molecule has 1 amide bonds. The number of thiophene rings is 1. The summed E-state index contributed by atoms with van der Waals surface area (Å²) in [5, 5.41) is 15.6. The monoisotopic (exact) mass is 346 g/mol. The molecule has 1 unspecified atom stereocenters. The van der Waals surface area contributed by atoms with Gasteiger partial charge < -0.3 is 10.4 Å². The highest BCUT2D eigenvalue weighted by atomic mass is 35.5. The highest BCUT2D eigenvalue weighted by Crippen LogP contribution is 2.23. The van der Waals surface area contributed by atoms with E-state index in [1.807, 2.05) is 29.6 Å². The molecule has 6 heteroatoms. The van der Waals surface area contributed by atoms with Gasteiger partial charge in [-0.1, -0.05) is 29.8 Å². The number of amides is 1. The quantitative estimate of drug-likeness (QED) is 0.738. The van der Waals surface area contributed by atoms with E-state index in [1.54, 1.807) is 29.5 Å². The minimum absolute atomic E-state index is 0.00357. The van der Waals surface area contributed by atoms with E-state index in [0.717, 1.165) is 10.3 Å². The van der Waals surface area contributed by atoms with Gasteiger partial charge >= 0.3 is 0 Å². The normalized spacial score (nSPS) is 12.3. The Labute approximate surface area is 142 Å². The Bertz CT molecular complexity index is 821. The van der Waals surface area contributed by atoms with Crippen molar-refractivity contribution in [3.63, 3.8) is 0 Å². The van der Waals surface area contributed by atoms with E-state index in [2.05, 4.69) is 10.3 Å². The smallest absolute Gasteiger partial charge is 0.270 e. The first-order valence-corrected chi connectivity index (χ1v) is 8.44. The number of halogens is 1. The molecule has 23 heavy (non-hydrogen) atoms. The average molecular weight is 347 g/mol. The number of pyridine rings is 1. The fourth-order valence-corrected chi connectivity index (χ4v) is 3.33. The number of aliphatic hydroxyl groups excluding tert-OH is 1. The lowest BCUT2D eigenvalue weighted by Crippen LogP contribution is -2.29. The van der Waals surface area contributed by atoms with Gasteiger partial charge in [0.15, 0.2) is 0 Å². The van der Waals surface area contributed by atoms with Gasteiger partial charge in [-0.2, -0.15) is 0 Å². The fourth-order valence-electron chi connectivity index (χ4n) is 2.35. The van der Waals surface area contributed by atoms with Gasteiger partial charge in [0.05, 0.1) is 11.6 Å². The van der Waals surface area contributed by atoms with E-state index in [9.17, 15) is 9.90 Å². The average Bonchev–Trinajstić information content (AvgIpc) is 3.08. The Morgan fingerprint density at radius 3 is 2.87 bits per heavy atom. The number of carbonyl (C=O) groups excluding carboxylic acids is 1. The molecular formula is C17H15ClN2O2S. The van der Waals surface area contributed by atoms with E-state index in [1.165, 1.54) is 0 Å². The van der Waals surface area contributed by atoms with Crippen LogP contribution in [0.4, 0.5) is 0 Å². The summed E-state index contributed by atoms with van der Waals surface area (Å²) in [6, 6.07) is 12.6. The zero-order chi connectivity index (χ0) is 16.2. The van der Waals surface area contributed by atoms with Crippen LogP contribution >= 0.6 is 22.9 Å². The van der Waals surface area contributed by atoms with Gasteiger partial charge in [0.1, 0.15) is 5.69 Å². The molecule has 0 saturated heterocycles. The third kappa shape index (κ3) is 3.69. The standard InChI is InChI=1S/C17H15ClN2O2S/c18-12-5-3-11-4-6-14(19-15(11)10-12)17(22)20-13(7-8-21)16-2-1-9-23-16/h1-6,9-10,13,21H,7-8H2,(H,20,22). The molecule has 2 N–H and O–H groups in total. The number of benzene rings is 1. The molecule has 0 saturated carbocycles. The number of hydrogen-bond donors (Lipinski definition) is 2. The summed E-state index contributed by atoms with van der Waals surface area (Å²) in [7, 11) is 0. The van der Waals surface area contributed by atoms with Crippen molar-refractivity contribution >= 4 is 39.7 Å². The summed E-state index contributed by atoms with van der Waals surface area (Å²) < 4.78 is 0. The number of nitrogens with zero attached hydrogens (tertiary/aromatic N) is 1. The molecular weight excluding hydrogens is 332 g/mol. The van der Waals surface area contributed by atoms with Crippen LogP contribution in [0, 0.1) is 0 Å². The second-order valence-corrected chi connectivity index (χ2v) is 6.50. The predicted molar refractivity (Wildman–Crippen MR) is 93.0 cm³/mol. The molecule has 2 aromatic heterocycles. The van der Waals surface area contributed by atoms with Gasteiger partial charge in [0, 0.05) is 21.9 Å². The molecule has 0 aliphatic heterocycles. The Morgan fingerprint density at radius 2 is 2.13 bits per heavy atom. The Morgan fingerprint density at radius 1 is 1.30 bits per heavy atom. The third-order valence-electron chi connectivity index (χ3n) is 3.50. The number of hydrogen-bond acceptors (Lipinski definition) is 4. The van der Waals surface area contributed by atoms with Crippen LogP contribution in [0.25, 0.3) is 10.9 Å². The second-order valence-electron chi connectivity index (χ2n) is 5.09. The summed E-state index contributed by atoms with van der Waals surface area (Å²) in [4.78, 5) is 17.9. The molecule has 0 radical (unpaired) electrons. The number of rotatable bonds is 5. The lowest BCUT2D eigenvalue weighted by Gasteiger charge is -2.16. The van der Waals surface area contributed by atoms with Gasteiger partial charge in [-0.3, -0.25) is 4.79 Å². The number of aliphatic hydroxyl groups is 1. The Balaban J connectivity index is 1.84.